The third-order valence-electron chi connectivity index (χ3n) is 3.11. The number of halogens is 2. The minimum atomic E-state index is -0.441. The van der Waals surface area contributed by atoms with Crippen molar-refractivity contribution in [2.75, 3.05) is 5.73 Å². The van der Waals surface area contributed by atoms with Gasteiger partial charge in [0.1, 0.15) is 11.6 Å². The van der Waals surface area contributed by atoms with Crippen LogP contribution in [0.2, 0.25) is 0 Å². The van der Waals surface area contributed by atoms with Crippen LogP contribution in [0.15, 0.2) is 36.4 Å². The Bertz CT molecular complexity index is 813. The SMILES string of the molecule is Cc1cc(-n2nnnc2-c2cc(F)ccc2N)ccc1F. The van der Waals surface area contributed by atoms with E-state index in [1.807, 2.05) is 0 Å². The highest BCUT2D eigenvalue weighted by atomic mass is 19.1. The Labute approximate surface area is 119 Å². The van der Waals surface area contributed by atoms with Gasteiger partial charge in [-0.15, -0.1) is 5.10 Å². The lowest BCUT2D eigenvalue weighted by Crippen LogP contribution is -2.03. The number of aromatic nitrogens is 4. The van der Waals surface area contributed by atoms with Crippen molar-refractivity contribution in [1.82, 2.24) is 20.2 Å². The van der Waals surface area contributed by atoms with Crippen LogP contribution in [-0.2, 0) is 0 Å². The number of nitrogen functional groups attached to an aromatic ring is 1. The van der Waals surface area contributed by atoms with E-state index in [0.29, 0.717) is 22.5 Å². The molecule has 2 aromatic carbocycles. The Balaban J connectivity index is 2.17. The summed E-state index contributed by atoms with van der Waals surface area (Å²) in [5, 5.41) is 11.3. The highest BCUT2D eigenvalue weighted by Gasteiger charge is 2.15. The molecule has 0 bridgehead atoms. The maximum absolute atomic E-state index is 13.4. The number of hydrogen-bond acceptors (Lipinski definition) is 4. The largest absolute Gasteiger partial charge is 0.398 e. The molecule has 1 heterocycles. The van der Waals surface area contributed by atoms with Crippen LogP contribution >= 0.6 is 0 Å². The first kappa shape index (κ1) is 13.2. The number of nitrogens with zero attached hydrogens (tertiary/aromatic N) is 4. The second-order valence-electron chi connectivity index (χ2n) is 4.58. The molecule has 3 rings (SSSR count). The van der Waals surface area contributed by atoms with E-state index in [1.54, 1.807) is 13.0 Å². The van der Waals surface area contributed by atoms with Gasteiger partial charge in [-0.1, -0.05) is 0 Å². The van der Waals surface area contributed by atoms with Crippen LogP contribution in [0.5, 0.6) is 0 Å². The molecule has 2 N–H and O–H groups in total. The summed E-state index contributed by atoms with van der Waals surface area (Å²) in [5.41, 5.74) is 7.60. The molecule has 0 radical (unpaired) electrons. The number of aryl methyl sites for hydroxylation is 1. The zero-order valence-corrected chi connectivity index (χ0v) is 11.1. The Kier molecular flexibility index (Phi) is 3.09. The van der Waals surface area contributed by atoms with Crippen molar-refractivity contribution in [1.29, 1.82) is 0 Å². The van der Waals surface area contributed by atoms with Crippen molar-refractivity contribution in [3.63, 3.8) is 0 Å². The third kappa shape index (κ3) is 2.33. The molecular formula is C14H11F2N5. The van der Waals surface area contributed by atoms with Gasteiger partial charge in [0.2, 0.25) is 0 Å². The van der Waals surface area contributed by atoms with E-state index in [1.165, 1.54) is 35.0 Å². The molecule has 106 valence electrons. The van der Waals surface area contributed by atoms with E-state index in [0.717, 1.165) is 0 Å². The first-order valence-electron chi connectivity index (χ1n) is 6.16. The molecular weight excluding hydrogens is 276 g/mol. The van der Waals surface area contributed by atoms with Crippen LogP contribution in [0.25, 0.3) is 17.1 Å². The smallest absolute Gasteiger partial charge is 0.189 e. The summed E-state index contributed by atoms with van der Waals surface area (Å²) in [6.45, 7) is 1.64. The van der Waals surface area contributed by atoms with Gasteiger partial charge in [-0.3, -0.25) is 0 Å². The van der Waals surface area contributed by atoms with Gasteiger partial charge in [-0.25, -0.2) is 8.78 Å². The van der Waals surface area contributed by atoms with E-state index in [4.69, 9.17) is 5.73 Å². The fourth-order valence-corrected chi connectivity index (χ4v) is 2.01. The molecule has 0 aliphatic heterocycles. The van der Waals surface area contributed by atoms with E-state index in [9.17, 15) is 8.78 Å². The van der Waals surface area contributed by atoms with Crippen molar-refractivity contribution >= 4 is 5.69 Å². The third-order valence-corrected chi connectivity index (χ3v) is 3.11. The zero-order chi connectivity index (χ0) is 15.0. The Morgan fingerprint density at radius 3 is 2.67 bits per heavy atom. The highest BCUT2D eigenvalue weighted by molar-refractivity contribution is 5.72. The van der Waals surface area contributed by atoms with E-state index in [-0.39, 0.29) is 11.6 Å². The number of rotatable bonds is 2. The van der Waals surface area contributed by atoms with Gasteiger partial charge in [-0.2, -0.15) is 4.68 Å². The maximum atomic E-state index is 13.4. The second-order valence-corrected chi connectivity index (χ2v) is 4.58. The first-order chi connectivity index (χ1) is 10.1. The van der Waals surface area contributed by atoms with Crippen LogP contribution in [0.1, 0.15) is 5.56 Å². The average Bonchev–Trinajstić information content (AvgIpc) is 2.93. The summed E-state index contributed by atoms with van der Waals surface area (Å²) in [4.78, 5) is 0. The van der Waals surface area contributed by atoms with Crippen LogP contribution in [0.3, 0.4) is 0 Å². The van der Waals surface area contributed by atoms with Gasteiger partial charge in [0.25, 0.3) is 0 Å². The quantitative estimate of drug-likeness (QED) is 0.735. The summed E-state index contributed by atoms with van der Waals surface area (Å²) in [7, 11) is 0. The van der Waals surface area contributed by atoms with Crippen LogP contribution < -0.4 is 5.73 Å². The Hall–Kier alpha value is -2.83. The molecule has 0 saturated heterocycles. The molecule has 3 aromatic rings. The molecule has 0 unspecified atom stereocenters. The summed E-state index contributed by atoms with van der Waals surface area (Å²) in [6.07, 6.45) is 0. The Morgan fingerprint density at radius 1 is 1.10 bits per heavy atom. The molecule has 0 atom stereocenters. The molecule has 0 aliphatic carbocycles. The molecule has 7 heteroatoms. The lowest BCUT2D eigenvalue weighted by Gasteiger charge is -2.08. The average molecular weight is 287 g/mol. The fraction of sp³-hybridized carbons (Fsp3) is 0.0714. The molecule has 0 spiro atoms. The van der Waals surface area contributed by atoms with E-state index < -0.39 is 5.82 Å². The summed E-state index contributed by atoms with van der Waals surface area (Å²) >= 11 is 0. The monoisotopic (exact) mass is 287 g/mol. The van der Waals surface area contributed by atoms with Crippen molar-refractivity contribution in [2.45, 2.75) is 6.92 Å². The zero-order valence-electron chi connectivity index (χ0n) is 11.1. The molecule has 0 aliphatic rings. The number of tetrazole rings is 1. The topological polar surface area (TPSA) is 69.6 Å². The number of nitrogens with two attached hydrogens (primary N) is 1. The number of anilines is 1. The van der Waals surface area contributed by atoms with Crippen LogP contribution in [-0.4, -0.2) is 20.2 Å². The molecule has 0 amide bonds. The maximum Gasteiger partial charge on any atom is 0.189 e. The van der Waals surface area contributed by atoms with Gasteiger partial charge in [0, 0.05) is 11.3 Å². The predicted molar refractivity (Wildman–Crippen MR) is 73.7 cm³/mol. The fourth-order valence-electron chi connectivity index (χ4n) is 2.01. The van der Waals surface area contributed by atoms with Gasteiger partial charge in [0.05, 0.1) is 5.69 Å². The van der Waals surface area contributed by atoms with Crippen molar-refractivity contribution in [2.24, 2.45) is 0 Å². The second kappa shape index (κ2) is 4.93. The van der Waals surface area contributed by atoms with E-state index in [2.05, 4.69) is 15.5 Å². The lowest BCUT2D eigenvalue weighted by atomic mass is 10.1. The van der Waals surface area contributed by atoms with Gasteiger partial charge in [0.15, 0.2) is 5.82 Å². The number of benzene rings is 2. The van der Waals surface area contributed by atoms with Gasteiger partial charge >= 0.3 is 0 Å². The number of hydrogen-bond donors (Lipinski definition) is 1. The van der Waals surface area contributed by atoms with Crippen molar-refractivity contribution in [3.8, 4) is 17.1 Å². The molecule has 0 fully saturated rings. The molecule has 1 aromatic heterocycles. The highest BCUT2D eigenvalue weighted by Crippen LogP contribution is 2.26. The molecule has 21 heavy (non-hydrogen) atoms. The minimum absolute atomic E-state index is 0.290. The van der Waals surface area contributed by atoms with Crippen molar-refractivity contribution < 1.29 is 8.78 Å². The first-order valence-corrected chi connectivity index (χ1v) is 6.16. The van der Waals surface area contributed by atoms with E-state index >= 15 is 0 Å². The summed E-state index contributed by atoms with van der Waals surface area (Å²) < 4.78 is 28.1. The summed E-state index contributed by atoms with van der Waals surface area (Å²) in [6, 6.07) is 8.43. The van der Waals surface area contributed by atoms with Gasteiger partial charge < -0.3 is 5.73 Å². The van der Waals surface area contributed by atoms with Gasteiger partial charge in [-0.05, 0) is 59.3 Å². The lowest BCUT2D eigenvalue weighted by molar-refractivity contribution is 0.617. The van der Waals surface area contributed by atoms with Crippen LogP contribution in [0, 0.1) is 18.6 Å². The molecule has 0 saturated carbocycles. The van der Waals surface area contributed by atoms with Crippen LogP contribution in [0.4, 0.5) is 14.5 Å². The minimum Gasteiger partial charge on any atom is -0.398 e. The predicted octanol–water partition coefficient (Wildman–Crippen LogP) is 2.50. The normalized spacial score (nSPS) is 10.8. The van der Waals surface area contributed by atoms with Crippen molar-refractivity contribution in [3.05, 3.63) is 53.6 Å². The molecule has 5 nitrogen and oxygen atoms in total. The summed E-state index contributed by atoms with van der Waals surface area (Å²) in [5.74, 6) is -0.472. The standard InChI is InChI=1S/C14H11F2N5/c1-8-6-10(3-4-12(8)16)21-14(18-19-20-21)11-7-9(15)2-5-13(11)17/h2-7H,17H2,1H3. The Morgan fingerprint density at radius 2 is 1.90 bits per heavy atom.